The standard InChI is InChI=1S/C10H11F3N2O5/c11-10(12,13)4-2-15(9(19)14-8(4)18)7-1-5(17)6(3-16)20-7/h2,5-7,16-17H,1,3H2,(H,14,18,19)/t5-,6-,7+/m0/s1. The van der Waals surface area contributed by atoms with Gasteiger partial charge in [0.1, 0.15) is 17.9 Å². The molecule has 0 amide bonds. The van der Waals surface area contributed by atoms with Crippen molar-refractivity contribution in [3.05, 3.63) is 32.6 Å². The van der Waals surface area contributed by atoms with E-state index in [9.17, 15) is 27.9 Å². The van der Waals surface area contributed by atoms with Gasteiger partial charge in [0.15, 0.2) is 0 Å². The van der Waals surface area contributed by atoms with Gasteiger partial charge in [-0.25, -0.2) is 4.79 Å². The molecule has 0 unspecified atom stereocenters. The van der Waals surface area contributed by atoms with Gasteiger partial charge >= 0.3 is 11.9 Å². The van der Waals surface area contributed by atoms with Crippen molar-refractivity contribution in [1.29, 1.82) is 0 Å². The molecule has 0 aromatic carbocycles. The number of rotatable bonds is 2. The third-order valence-corrected chi connectivity index (χ3v) is 2.97. The molecule has 1 aliphatic heterocycles. The summed E-state index contributed by atoms with van der Waals surface area (Å²) in [7, 11) is 0. The number of aliphatic hydroxyl groups is 2. The molecule has 7 nitrogen and oxygen atoms in total. The number of alkyl halides is 3. The van der Waals surface area contributed by atoms with Crippen LogP contribution in [-0.4, -0.2) is 38.6 Å². The summed E-state index contributed by atoms with van der Waals surface area (Å²) in [4.78, 5) is 24.2. The third-order valence-electron chi connectivity index (χ3n) is 2.97. The number of H-pyrrole nitrogens is 1. The van der Waals surface area contributed by atoms with E-state index in [1.165, 1.54) is 0 Å². The molecule has 3 N–H and O–H groups in total. The number of ether oxygens (including phenoxy) is 1. The molecular weight excluding hydrogens is 285 g/mol. The van der Waals surface area contributed by atoms with E-state index in [4.69, 9.17) is 9.84 Å². The molecule has 1 aromatic heterocycles. The number of aromatic amines is 1. The molecule has 1 saturated heterocycles. The molecule has 1 aliphatic rings. The Bertz CT molecular complexity index is 608. The molecule has 1 aromatic rings. The van der Waals surface area contributed by atoms with Gasteiger partial charge in [0.25, 0.3) is 5.56 Å². The molecule has 2 heterocycles. The van der Waals surface area contributed by atoms with Crippen LogP contribution in [-0.2, 0) is 10.9 Å². The summed E-state index contributed by atoms with van der Waals surface area (Å²) in [5.41, 5.74) is -4.17. The maximum atomic E-state index is 12.6. The second-order valence-corrected chi connectivity index (χ2v) is 4.32. The number of aliphatic hydroxyl groups excluding tert-OH is 2. The average molecular weight is 296 g/mol. The number of halogens is 3. The Hall–Kier alpha value is -1.65. The molecule has 0 radical (unpaired) electrons. The molecule has 0 aliphatic carbocycles. The van der Waals surface area contributed by atoms with Crippen molar-refractivity contribution in [2.75, 3.05) is 6.61 Å². The first-order chi connectivity index (χ1) is 9.24. The third kappa shape index (κ3) is 2.62. The molecule has 0 saturated carbocycles. The zero-order valence-electron chi connectivity index (χ0n) is 9.92. The highest BCUT2D eigenvalue weighted by Crippen LogP contribution is 2.30. The van der Waals surface area contributed by atoms with E-state index in [0.29, 0.717) is 10.8 Å². The summed E-state index contributed by atoms with van der Waals surface area (Å²) in [5, 5.41) is 18.4. The second-order valence-electron chi connectivity index (χ2n) is 4.32. The molecule has 0 bridgehead atoms. The summed E-state index contributed by atoms with van der Waals surface area (Å²) >= 11 is 0. The fourth-order valence-corrected chi connectivity index (χ4v) is 1.95. The Morgan fingerprint density at radius 1 is 1.45 bits per heavy atom. The summed E-state index contributed by atoms with van der Waals surface area (Å²) in [6.07, 6.45) is -8.04. The topological polar surface area (TPSA) is 105 Å². The van der Waals surface area contributed by atoms with E-state index in [1.54, 1.807) is 4.98 Å². The molecule has 10 heteroatoms. The van der Waals surface area contributed by atoms with Crippen molar-refractivity contribution < 1.29 is 28.1 Å². The first-order valence-corrected chi connectivity index (χ1v) is 5.61. The smallest absolute Gasteiger partial charge is 0.394 e. The van der Waals surface area contributed by atoms with Gasteiger partial charge in [-0.2, -0.15) is 13.2 Å². The second kappa shape index (κ2) is 5.04. The zero-order valence-corrected chi connectivity index (χ0v) is 9.92. The van der Waals surface area contributed by atoms with Crippen LogP contribution in [0, 0.1) is 0 Å². The molecule has 112 valence electrons. The number of nitrogens with one attached hydrogen (secondary N) is 1. The van der Waals surface area contributed by atoms with E-state index < -0.39 is 48.0 Å². The average Bonchev–Trinajstić information content (AvgIpc) is 2.68. The van der Waals surface area contributed by atoms with E-state index in [2.05, 4.69) is 0 Å². The van der Waals surface area contributed by atoms with Crippen molar-refractivity contribution >= 4 is 0 Å². The number of hydrogen-bond donors (Lipinski definition) is 3. The van der Waals surface area contributed by atoms with Crippen molar-refractivity contribution in [2.45, 2.75) is 31.0 Å². The van der Waals surface area contributed by atoms with Gasteiger partial charge < -0.3 is 14.9 Å². The Morgan fingerprint density at radius 3 is 2.60 bits per heavy atom. The van der Waals surface area contributed by atoms with Crippen molar-refractivity contribution in [2.24, 2.45) is 0 Å². The molecule has 3 atom stereocenters. The normalized spacial score (nSPS) is 26.9. The SMILES string of the molecule is O=c1[nH]c(=O)n([C@H]2C[C@H](O)[C@H](CO)O2)cc1C(F)(F)F. The molecular formula is C10H11F3N2O5. The lowest BCUT2D eigenvalue weighted by Crippen LogP contribution is -2.36. The van der Waals surface area contributed by atoms with Gasteiger partial charge in [0.2, 0.25) is 0 Å². The van der Waals surface area contributed by atoms with E-state index in [-0.39, 0.29) is 6.42 Å². The minimum atomic E-state index is -4.92. The highest BCUT2D eigenvalue weighted by Gasteiger charge is 2.38. The van der Waals surface area contributed by atoms with Crippen LogP contribution in [0.5, 0.6) is 0 Å². The van der Waals surface area contributed by atoms with Crippen LogP contribution in [0.1, 0.15) is 18.2 Å². The summed E-state index contributed by atoms with van der Waals surface area (Å²) in [5.74, 6) is 0. The summed E-state index contributed by atoms with van der Waals surface area (Å²) in [6.45, 7) is -0.540. The van der Waals surface area contributed by atoms with Gasteiger partial charge in [-0.05, 0) is 0 Å². The molecule has 2 rings (SSSR count). The molecule has 1 fully saturated rings. The fourth-order valence-electron chi connectivity index (χ4n) is 1.95. The van der Waals surface area contributed by atoms with Crippen LogP contribution < -0.4 is 11.2 Å². The highest BCUT2D eigenvalue weighted by molar-refractivity contribution is 5.09. The van der Waals surface area contributed by atoms with Crippen LogP contribution >= 0.6 is 0 Å². The number of nitrogens with zero attached hydrogens (tertiary/aromatic N) is 1. The van der Waals surface area contributed by atoms with Gasteiger partial charge in [0, 0.05) is 12.6 Å². The lowest BCUT2D eigenvalue weighted by Gasteiger charge is -2.16. The van der Waals surface area contributed by atoms with Gasteiger partial charge in [-0.3, -0.25) is 14.3 Å². The van der Waals surface area contributed by atoms with Crippen LogP contribution in [0.25, 0.3) is 0 Å². The minimum Gasteiger partial charge on any atom is -0.394 e. The lowest BCUT2D eigenvalue weighted by atomic mass is 10.2. The molecule has 0 spiro atoms. The van der Waals surface area contributed by atoms with E-state index in [1.807, 2.05) is 0 Å². The first-order valence-electron chi connectivity index (χ1n) is 5.61. The zero-order chi connectivity index (χ0) is 15.1. The van der Waals surface area contributed by atoms with E-state index >= 15 is 0 Å². The maximum Gasteiger partial charge on any atom is 0.423 e. The Kier molecular flexibility index (Phi) is 3.71. The number of aromatic nitrogens is 2. The first kappa shape index (κ1) is 14.8. The highest BCUT2D eigenvalue weighted by atomic mass is 19.4. The fraction of sp³-hybridized carbons (Fsp3) is 0.600. The van der Waals surface area contributed by atoms with Crippen LogP contribution in [0.2, 0.25) is 0 Å². The molecule has 20 heavy (non-hydrogen) atoms. The predicted molar refractivity (Wildman–Crippen MR) is 57.9 cm³/mol. The largest absolute Gasteiger partial charge is 0.423 e. The van der Waals surface area contributed by atoms with Gasteiger partial charge in [-0.15, -0.1) is 0 Å². The van der Waals surface area contributed by atoms with Crippen LogP contribution in [0.15, 0.2) is 15.8 Å². The van der Waals surface area contributed by atoms with E-state index in [0.717, 1.165) is 0 Å². The van der Waals surface area contributed by atoms with Gasteiger partial charge in [0.05, 0.1) is 12.7 Å². The summed E-state index contributed by atoms with van der Waals surface area (Å²) in [6, 6.07) is 0. The number of hydrogen-bond acceptors (Lipinski definition) is 5. The maximum absolute atomic E-state index is 12.6. The Labute approximate surface area is 109 Å². The van der Waals surface area contributed by atoms with Crippen molar-refractivity contribution in [3.63, 3.8) is 0 Å². The predicted octanol–water partition coefficient (Wildman–Crippen LogP) is -0.804. The quantitative estimate of drug-likeness (QED) is 0.662. The summed E-state index contributed by atoms with van der Waals surface area (Å²) < 4.78 is 43.4. The minimum absolute atomic E-state index is 0.172. The van der Waals surface area contributed by atoms with Crippen molar-refractivity contribution in [1.82, 2.24) is 9.55 Å². The van der Waals surface area contributed by atoms with Crippen LogP contribution in [0.4, 0.5) is 13.2 Å². The van der Waals surface area contributed by atoms with Crippen LogP contribution in [0.3, 0.4) is 0 Å². The van der Waals surface area contributed by atoms with Crippen molar-refractivity contribution in [3.8, 4) is 0 Å². The monoisotopic (exact) mass is 296 g/mol. The Balaban J connectivity index is 2.43. The lowest BCUT2D eigenvalue weighted by molar-refractivity contribution is -0.139. The van der Waals surface area contributed by atoms with Gasteiger partial charge in [-0.1, -0.05) is 0 Å². The Morgan fingerprint density at radius 2 is 2.10 bits per heavy atom.